The van der Waals surface area contributed by atoms with Crippen LogP contribution in [0.3, 0.4) is 0 Å². The number of ether oxygens (including phenoxy) is 1. The van der Waals surface area contributed by atoms with Crippen LogP contribution in [0.15, 0.2) is 94.9 Å². The van der Waals surface area contributed by atoms with E-state index in [4.69, 9.17) is 4.74 Å². The number of hydrogen-bond donors (Lipinski definition) is 0. The van der Waals surface area contributed by atoms with Gasteiger partial charge in [-0.1, -0.05) is 66.4 Å². The van der Waals surface area contributed by atoms with Gasteiger partial charge in [-0.3, -0.25) is 9.20 Å². The van der Waals surface area contributed by atoms with E-state index in [9.17, 15) is 4.79 Å². The van der Waals surface area contributed by atoms with E-state index in [1.165, 1.54) is 0 Å². The Morgan fingerprint density at radius 1 is 0.938 bits per heavy atom. The molecule has 0 atom stereocenters. The van der Waals surface area contributed by atoms with Crippen LogP contribution in [0, 0.1) is 0 Å². The minimum absolute atomic E-state index is 0.133. The fourth-order valence-corrected chi connectivity index (χ4v) is 4.36. The van der Waals surface area contributed by atoms with E-state index in [-0.39, 0.29) is 5.56 Å². The Kier molecular flexibility index (Phi) is 5.47. The fourth-order valence-electron chi connectivity index (χ4n) is 3.61. The van der Waals surface area contributed by atoms with Crippen molar-refractivity contribution in [3.05, 3.63) is 101 Å². The molecule has 5 rings (SSSR count). The Morgan fingerprint density at radius 3 is 2.47 bits per heavy atom. The minimum atomic E-state index is -0.133. The van der Waals surface area contributed by atoms with E-state index in [2.05, 4.69) is 34.5 Å². The zero-order chi connectivity index (χ0) is 21.9. The first kappa shape index (κ1) is 20.1. The first-order chi connectivity index (χ1) is 15.8. The van der Waals surface area contributed by atoms with Gasteiger partial charge in [-0.25, -0.2) is 4.57 Å². The molecule has 32 heavy (non-hydrogen) atoms. The first-order valence-electron chi connectivity index (χ1n) is 10.1. The van der Waals surface area contributed by atoms with Gasteiger partial charge in [0.2, 0.25) is 5.78 Å². The average Bonchev–Trinajstić information content (AvgIpc) is 3.27. The lowest BCUT2D eigenvalue weighted by atomic mass is 10.2. The number of benzene rings is 3. The normalized spacial score (nSPS) is 11.5. The highest BCUT2D eigenvalue weighted by Gasteiger charge is 2.17. The smallest absolute Gasteiger partial charge is 0.267 e. The highest BCUT2D eigenvalue weighted by atomic mass is 32.2. The molecular formula is C25H20N4O2S. The number of hydrogen-bond acceptors (Lipinski definition) is 5. The minimum Gasteiger partial charge on any atom is -0.497 e. The monoisotopic (exact) mass is 440 g/mol. The van der Waals surface area contributed by atoms with Crippen molar-refractivity contribution >= 4 is 34.5 Å². The van der Waals surface area contributed by atoms with E-state index in [1.54, 1.807) is 23.4 Å². The molecule has 0 saturated heterocycles. The SMILES string of the molecule is COc1ccc(-n2c(=O)c3ccccc3n3c(SC/C=C/c4ccccc4)nnc23)cc1. The summed E-state index contributed by atoms with van der Waals surface area (Å²) in [6.45, 7) is 0. The van der Waals surface area contributed by atoms with E-state index in [0.29, 0.717) is 16.9 Å². The summed E-state index contributed by atoms with van der Waals surface area (Å²) in [5, 5.41) is 10.1. The largest absolute Gasteiger partial charge is 0.497 e. The van der Waals surface area contributed by atoms with Crippen molar-refractivity contribution in [3.63, 3.8) is 0 Å². The molecule has 0 aliphatic carbocycles. The number of aromatic nitrogens is 4. The summed E-state index contributed by atoms with van der Waals surface area (Å²) in [6, 6.07) is 25.1. The molecule has 0 aliphatic rings. The van der Waals surface area contributed by atoms with E-state index in [0.717, 1.165) is 27.7 Å². The van der Waals surface area contributed by atoms with Gasteiger partial charge in [-0.2, -0.15) is 0 Å². The second kappa shape index (κ2) is 8.72. The summed E-state index contributed by atoms with van der Waals surface area (Å²) in [5.74, 6) is 1.93. The number of methoxy groups -OCH3 is 1. The topological polar surface area (TPSA) is 61.4 Å². The standard InChI is InChI=1S/C25H20N4O2S/c1-31-20-15-13-19(14-16-20)28-23(30)21-11-5-6-12-22(21)29-24(28)26-27-25(29)32-17-7-10-18-8-3-2-4-9-18/h2-16H,17H2,1H3/b10-7+. The van der Waals surface area contributed by atoms with Crippen LogP contribution in [0.2, 0.25) is 0 Å². The molecule has 0 radical (unpaired) electrons. The van der Waals surface area contributed by atoms with Crippen molar-refractivity contribution < 1.29 is 4.74 Å². The number of nitrogens with zero attached hydrogens (tertiary/aromatic N) is 4. The summed E-state index contributed by atoms with van der Waals surface area (Å²) in [5.41, 5.74) is 2.51. The molecule has 3 aromatic carbocycles. The lowest BCUT2D eigenvalue weighted by molar-refractivity contribution is 0.414. The first-order valence-corrected chi connectivity index (χ1v) is 11.1. The van der Waals surface area contributed by atoms with Crippen LogP contribution in [0.25, 0.3) is 28.4 Å². The highest BCUT2D eigenvalue weighted by Crippen LogP contribution is 2.24. The Bertz CT molecular complexity index is 1470. The zero-order valence-electron chi connectivity index (χ0n) is 17.4. The van der Waals surface area contributed by atoms with Gasteiger partial charge >= 0.3 is 0 Å². The number of para-hydroxylation sites is 1. The Morgan fingerprint density at radius 2 is 1.69 bits per heavy atom. The second-order valence-corrected chi connectivity index (χ2v) is 8.08. The molecule has 5 aromatic rings. The van der Waals surface area contributed by atoms with Crippen LogP contribution in [-0.4, -0.2) is 32.0 Å². The highest BCUT2D eigenvalue weighted by molar-refractivity contribution is 7.99. The van der Waals surface area contributed by atoms with Crippen molar-refractivity contribution in [1.82, 2.24) is 19.2 Å². The van der Waals surface area contributed by atoms with Crippen molar-refractivity contribution in [3.8, 4) is 11.4 Å². The molecule has 0 unspecified atom stereocenters. The number of thioether (sulfide) groups is 1. The lowest BCUT2D eigenvalue weighted by Crippen LogP contribution is -2.21. The van der Waals surface area contributed by atoms with E-state index in [1.807, 2.05) is 71.1 Å². The Balaban J connectivity index is 1.59. The summed E-state index contributed by atoms with van der Waals surface area (Å²) < 4.78 is 8.80. The molecule has 0 spiro atoms. The molecule has 0 aliphatic heterocycles. The van der Waals surface area contributed by atoms with Crippen LogP contribution in [0.1, 0.15) is 5.56 Å². The van der Waals surface area contributed by atoms with Gasteiger partial charge in [0.05, 0.1) is 23.7 Å². The number of rotatable bonds is 6. The van der Waals surface area contributed by atoms with Gasteiger partial charge in [0, 0.05) is 5.75 Å². The predicted octanol–water partition coefficient (Wildman–Crippen LogP) is 4.85. The third-order valence-electron chi connectivity index (χ3n) is 5.14. The van der Waals surface area contributed by atoms with Crippen molar-refractivity contribution in [2.75, 3.05) is 12.9 Å². The van der Waals surface area contributed by atoms with Gasteiger partial charge in [0.1, 0.15) is 5.75 Å². The van der Waals surface area contributed by atoms with Crippen LogP contribution in [-0.2, 0) is 0 Å². The van der Waals surface area contributed by atoms with Crippen molar-refractivity contribution in [2.45, 2.75) is 5.16 Å². The van der Waals surface area contributed by atoms with Crippen molar-refractivity contribution in [2.24, 2.45) is 0 Å². The quantitative estimate of drug-likeness (QED) is 0.353. The Labute approximate surface area is 188 Å². The molecule has 0 amide bonds. The van der Waals surface area contributed by atoms with Crippen molar-refractivity contribution in [1.29, 1.82) is 0 Å². The summed E-state index contributed by atoms with van der Waals surface area (Å²) in [4.78, 5) is 13.4. The summed E-state index contributed by atoms with van der Waals surface area (Å²) >= 11 is 1.57. The lowest BCUT2D eigenvalue weighted by Gasteiger charge is -2.11. The van der Waals surface area contributed by atoms with Crippen LogP contribution in [0.5, 0.6) is 5.75 Å². The molecule has 2 aromatic heterocycles. The third kappa shape index (κ3) is 3.67. The predicted molar refractivity (Wildman–Crippen MR) is 129 cm³/mol. The summed E-state index contributed by atoms with van der Waals surface area (Å²) in [6.07, 6.45) is 4.18. The van der Waals surface area contributed by atoms with Crippen LogP contribution in [0.4, 0.5) is 0 Å². The molecule has 0 fully saturated rings. The van der Waals surface area contributed by atoms with Gasteiger partial charge in [0.15, 0.2) is 5.16 Å². The Hall–Kier alpha value is -3.84. The molecular weight excluding hydrogens is 420 g/mol. The maximum atomic E-state index is 13.4. The maximum absolute atomic E-state index is 13.4. The molecule has 7 heteroatoms. The van der Waals surface area contributed by atoms with Crippen LogP contribution >= 0.6 is 11.8 Å². The summed E-state index contributed by atoms with van der Waals surface area (Å²) in [7, 11) is 1.61. The molecule has 0 N–H and O–H groups in total. The van der Waals surface area contributed by atoms with Gasteiger partial charge in [-0.15, -0.1) is 10.2 Å². The van der Waals surface area contributed by atoms with Gasteiger partial charge in [0.25, 0.3) is 5.56 Å². The number of fused-ring (bicyclic) bond motifs is 3. The fraction of sp³-hybridized carbons (Fsp3) is 0.0800. The van der Waals surface area contributed by atoms with Crippen LogP contribution < -0.4 is 10.3 Å². The third-order valence-corrected chi connectivity index (χ3v) is 6.03. The van der Waals surface area contributed by atoms with Gasteiger partial charge < -0.3 is 4.74 Å². The molecule has 2 heterocycles. The molecule has 0 saturated carbocycles. The van der Waals surface area contributed by atoms with Gasteiger partial charge in [-0.05, 0) is 42.0 Å². The van der Waals surface area contributed by atoms with E-state index < -0.39 is 0 Å². The second-order valence-electron chi connectivity index (χ2n) is 7.10. The van der Waals surface area contributed by atoms with E-state index >= 15 is 0 Å². The average molecular weight is 441 g/mol. The molecule has 158 valence electrons. The molecule has 0 bridgehead atoms. The maximum Gasteiger partial charge on any atom is 0.267 e. The molecule has 6 nitrogen and oxygen atoms in total. The zero-order valence-corrected chi connectivity index (χ0v) is 18.2.